The van der Waals surface area contributed by atoms with Crippen LogP contribution in [0.5, 0.6) is 0 Å². The SMILES string of the molecule is NC(=O)c1cc2c(nc1Cl)COC2=O. The van der Waals surface area contributed by atoms with E-state index in [2.05, 4.69) is 4.98 Å². The molecular weight excluding hydrogens is 208 g/mol. The molecule has 0 aromatic carbocycles. The molecule has 0 radical (unpaired) electrons. The van der Waals surface area contributed by atoms with E-state index < -0.39 is 11.9 Å². The molecule has 1 aromatic rings. The van der Waals surface area contributed by atoms with Crippen LogP contribution in [0.15, 0.2) is 6.07 Å². The van der Waals surface area contributed by atoms with Crippen molar-refractivity contribution in [1.82, 2.24) is 4.98 Å². The van der Waals surface area contributed by atoms with Crippen LogP contribution in [0.1, 0.15) is 26.4 Å². The fourth-order valence-corrected chi connectivity index (χ4v) is 1.45. The van der Waals surface area contributed by atoms with Gasteiger partial charge in [0.25, 0.3) is 5.91 Å². The van der Waals surface area contributed by atoms with Crippen LogP contribution in [0.3, 0.4) is 0 Å². The van der Waals surface area contributed by atoms with E-state index >= 15 is 0 Å². The predicted molar refractivity (Wildman–Crippen MR) is 46.9 cm³/mol. The van der Waals surface area contributed by atoms with E-state index in [9.17, 15) is 9.59 Å². The molecule has 14 heavy (non-hydrogen) atoms. The minimum atomic E-state index is -0.718. The summed E-state index contributed by atoms with van der Waals surface area (Å²) in [5.41, 5.74) is 5.76. The van der Waals surface area contributed by atoms with Crippen molar-refractivity contribution in [3.05, 3.63) is 28.0 Å². The van der Waals surface area contributed by atoms with Gasteiger partial charge in [-0.2, -0.15) is 0 Å². The van der Waals surface area contributed by atoms with Crippen molar-refractivity contribution in [3.8, 4) is 0 Å². The lowest BCUT2D eigenvalue weighted by Gasteiger charge is -2.00. The van der Waals surface area contributed by atoms with Gasteiger partial charge in [0.15, 0.2) is 0 Å². The summed E-state index contributed by atoms with van der Waals surface area (Å²) in [6, 6.07) is 1.31. The summed E-state index contributed by atoms with van der Waals surface area (Å²) in [6.45, 7) is 0.0902. The lowest BCUT2D eigenvalue weighted by Crippen LogP contribution is -2.13. The van der Waals surface area contributed by atoms with Gasteiger partial charge in [-0.1, -0.05) is 11.6 Å². The third kappa shape index (κ3) is 1.22. The number of nitrogens with zero attached hydrogens (tertiary/aromatic N) is 1. The summed E-state index contributed by atoms with van der Waals surface area (Å²) in [6.07, 6.45) is 0. The minimum absolute atomic E-state index is 0.00505. The maximum absolute atomic E-state index is 11.1. The Bertz CT molecular complexity index is 444. The molecule has 72 valence electrons. The van der Waals surface area contributed by atoms with E-state index in [1.807, 2.05) is 0 Å². The lowest BCUT2D eigenvalue weighted by atomic mass is 10.1. The first-order valence-corrected chi connectivity index (χ1v) is 4.13. The zero-order chi connectivity index (χ0) is 10.3. The molecule has 1 aliphatic heterocycles. The minimum Gasteiger partial charge on any atom is -0.455 e. The van der Waals surface area contributed by atoms with Crippen LogP contribution in [-0.4, -0.2) is 16.9 Å². The van der Waals surface area contributed by atoms with Gasteiger partial charge >= 0.3 is 5.97 Å². The zero-order valence-electron chi connectivity index (χ0n) is 6.91. The number of hydrogen-bond acceptors (Lipinski definition) is 4. The van der Waals surface area contributed by atoms with Crippen LogP contribution in [-0.2, 0) is 11.3 Å². The predicted octanol–water partition coefficient (Wildman–Crippen LogP) is 0.504. The van der Waals surface area contributed by atoms with Crippen LogP contribution in [0.4, 0.5) is 0 Å². The number of cyclic esters (lactones) is 1. The van der Waals surface area contributed by atoms with E-state index in [1.165, 1.54) is 6.07 Å². The highest BCUT2D eigenvalue weighted by Gasteiger charge is 2.25. The molecule has 6 heteroatoms. The van der Waals surface area contributed by atoms with Crippen molar-refractivity contribution >= 4 is 23.5 Å². The van der Waals surface area contributed by atoms with Gasteiger partial charge in [0, 0.05) is 0 Å². The molecule has 5 nitrogen and oxygen atoms in total. The highest BCUT2D eigenvalue weighted by atomic mass is 35.5. The molecule has 0 unspecified atom stereocenters. The number of rotatable bonds is 1. The number of primary amides is 1. The van der Waals surface area contributed by atoms with E-state index in [1.54, 1.807) is 0 Å². The monoisotopic (exact) mass is 212 g/mol. The molecule has 0 saturated carbocycles. The quantitative estimate of drug-likeness (QED) is 0.543. The molecule has 0 atom stereocenters. The number of pyridine rings is 1. The Labute approximate surface area is 83.8 Å². The second-order valence-corrected chi connectivity index (χ2v) is 3.12. The third-order valence-electron chi connectivity index (χ3n) is 1.88. The first-order valence-electron chi connectivity index (χ1n) is 3.76. The Balaban J connectivity index is 2.62. The molecule has 0 saturated heterocycles. The first-order chi connectivity index (χ1) is 6.59. The average Bonchev–Trinajstić information content (AvgIpc) is 2.46. The van der Waals surface area contributed by atoms with E-state index in [4.69, 9.17) is 22.1 Å². The Kier molecular flexibility index (Phi) is 1.89. The van der Waals surface area contributed by atoms with E-state index in [-0.39, 0.29) is 22.9 Å². The average molecular weight is 213 g/mol. The molecule has 0 fully saturated rings. The van der Waals surface area contributed by atoms with Crippen molar-refractivity contribution in [2.75, 3.05) is 0 Å². The van der Waals surface area contributed by atoms with Crippen LogP contribution >= 0.6 is 11.6 Å². The molecule has 2 N–H and O–H groups in total. The second-order valence-electron chi connectivity index (χ2n) is 2.76. The number of amides is 1. The highest BCUT2D eigenvalue weighted by Crippen LogP contribution is 2.23. The van der Waals surface area contributed by atoms with Crippen molar-refractivity contribution in [1.29, 1.82) is 0 Å². The number of fused-ring (bicyclic) bond motifs is 1. The molecule has 1 aliphatic rings. The summed E-state index contributed by atoms with van der Waals surface area (Å²) in [4.78, 5) is 25.8. The summed E-state index contributed by atoms with van der Waals surface area (Å²) in [5.74, 6) is -1.23. The van der Waals surface area contributed by atoms with Gasteiger partial charge in [-0.25, -0.2) is 9.78 Å². The van der Waals surface area contributed by atoms with Crippen molar-refractivity contribution in [2.45, 2.75) is 6.61 Å². The summed E-state index contributed by atoms with van der Waals surface area (Å²) in [5, 5.41) is -0.00505. The number of ether oxygens (including phenoxy) is 1. The number of aromatic nitrogens is 1. The van der Waals surface area contributed by atoms with Crippen molar-refractivity contribution in [3.63, 3.8) is 0 Å². The molecule has 0 bridgehead atoms. The maximum Gasteiger partial charge on any atom is 0.340 e. The molecule has 1 aromatic heterocycles. The molecule has 0 aliphatic carbocycles. The zero-order valence-corrected chi connectivity index (χ0v) is 7.67. The number of carbonyl (C=O) groups is 2. The van der Waals surface area contributed by atoms with Crippen LogP contribution in [0, 0.1) is 0 Å². The summed E-state index contributed by atoms with van der Waals surface area (Å²) >= 11 is 5.67. The maximum atomic E-state index is 11.1. The lowest BCUT2D eigenvalue weighted by molar-refractivity contribution is 0.0533. The largest absolute Gasteiger partial charge is 0.455 e. The fourth-order valence-electron chi connectivity index (χ4n) is 1.20. The van der Waals surface area contributed by atoms with Crippen LogP contribution < -0.4 is 5.73 Å². The number of carbonyl (C=O) groups excluding carboxylic acids is 2. The Morgan fingerprint density at radius 1 is 1.64 bits per heavy atom. The normalized spacial score (nSPS) is 13.6. The smallest absolute Gasteiger partial charge is 0.340 e. The van der Waals surface area contributed by atoms with Crippen LogP contribution in [0.2, 0.25) is 5.15 Å². The Morgan fingerprint density at radius 2 is 2.36 bits per heavy atom. The van der Waals surface area contributed by atoms with Crippen molar-refractivity contribution in [2.24, 2.45) is 5.73 Å². The van der Waals surface area contributed by atoms with E-state index in [0.717, 1.165) is 0 Å². The topological polar surface area (TPSA) is 82.3 Å². The van der Waals surface area contributed by atoms with Crippen LogP contribution in [0.25, 0.3) is 0 Å². The summed E-state index contributed by atoms with van der Waals surface area (Å²) in [7, 11) is 0. The highest BCUT2D eigenvalue weighted by molar-refractivity contribution is 6.32. The fraction of sp³-hybridized carbons (Fsp3) is 0.125. The number of esters is 1. The van der Waals surface area contributed by atoms with Gasteiger partial charge in [-0.05, 0) is 6.07 Å². The number of halogens is 1. The standard InChI is InChI=1S/C8H5ClN2O3/c9-6-4(7(10)12)1-3-5(11-6)2-14-8(3)13/h1H,2H2,(H2,10,12). The third-order valence-corrected chi connectivity index (χ3v) is 2.17. The Hall–Kier alpha value is -1.62. The number of hydrogen-bond donors (Lipinski definition) is 1. The molecule has 1 amide bonds. The molecule has 2 rings (SSSR count). The van der Waals surface area contributed by atoms with Gasteiger partial charge in [0.2, 0.25) is 0 Å². The second kappa shape index (κ2) is 2.95. The molecular formula is C8H5ClN2O3. The van der Waals surface area contributed by atoms with Crippen molar-refractivity contribution < 1.29 is 14.3 Å². The molecule has 0 spiro atoms. The van der Waals surface area contributed by atoms with Gasteiger partial charge in [-0.3, -0.25) is 4.79 Å². The van der Waals surface area contributed by atoms with Gasteiger partial charge in [0.1, 0.15) is 11.8 Å². The first kappa shape index (κ1) is 8.96. The van der Waals surface area contributed by atoms with Gasteiger partial charge in [0.05, 0.1) is 16.8 Å². The van der Waals surface area contributed by atoms with Gasteiger partial charge < -0.3 is 10.5 Å². The Morgan fingerprint density at radius 3 is 3.00 bits per heavy atom. The van der Waals surface area contributed by atoms with E-state index in [0.29, 0.717) is 5.69 Å². The number of nitrogens with two attached hydrogens (primary N) is 1. The van der Waals surface area contributed by atoms with Gasteiger partial charge in [-0.15, -0.1) is 0 Å². The molecule has 2 heterocycles. The summed E-state index contributed by atoms with van der Waals surface area (Å²) < 4.78 is 4.70.